The molecule has 0 bridgehead atoms. The number of hydrogen-bond acceptors (Lipinski definition) is 2. The van der Waals surface area contributed by atoms with Crippen molar-refractivity contribution in [3.05, 3.63) is 29.6 Å². The Kier molecular flexibility index (Phi) is 4.09. The van der Waals surface area contributed by atoms with E-state index < -0.39 is 5.97 Å². The minimum absolute atomic E-state index is 0.0392. The fraction of sp³-hybridized carbons (Fsp3) is 0.364. The third-order valence-electron chi connectivity index (χ3n) is 2.11. The van der Waals surface area contributed by atoms with Crippen LogP contribution in [0.25, 0.3) is 0 Å². The number of ether oxygens (including phenoxy) is 1. The third kappa shape index (κ3) is 3.23. The first kappa shape index (κ1) is 11.5. The van der Waals surface area contributed by atoms with Crippen molar-refractivity contribution in [1.29, 1.82) is 0 Å². The van der Waals surface area contributed by atoms with Crippen LogP contribution in [0.5, 0.6) is 5.75 Å². The van der Waals surface area contributed by atoms with Gasteiger partial charge in [-0.2, -0.15) is 0 Å². The van der Waals surface area contributed by atoms with Gasteiger partial charge in [0.25, 0.3) is 0 Å². The lowest BCUT2D eigenvalue weighted by molar-refractivity contribution is -0.137. The summed E-state index contributed by atoms with van der Waals surface area (Å²) in [7, 11) is 1.47. The van der Waals surface area contributed by atoms with Crippen molar-refractivity contribution in [3.63, 3.8) is 0 Å². The number of methoxy groups -OCH3 is 1. The molecule has 0 fully saturated rings. The zero-order valence-corrected chi connectivity index (χ0v) is 8.50. The van der Waals surface area contributed by atoms with Gasteiger partial charge in [-0.15, -0.1) is 0 Å². The zero-order chi connectivity index (χ0) is 11.3. The number of halogens is 1. The lowest BCUT2D eigenvalue weighted by Gasteiger charge is -2.08. The van der Waals surface area contributed by atoms with E-state index in [-0.39, 0.29) is 12.2 Å². The van der Waals surface area contributed by atoms with Crippen LogP contribution < -0.4 is 4.74 Å². The van der Waals surface area contributed by atoms with Crippen molar-refractivity contribution in [1.82, 2.24) is 0 Å². The first-order chi connectivity index (χ1) is 7.15. The Morgan fingerprint density at radius 1 is 1.53 bits per heavy atom. The van der Waals surface area contributed by atoms with Gasteiger partial charge in [0.05, 0.1) is 7.11 Å². The molecule has 1 N–H and O–H groups in total. The maximum absolute atomic E-state index is 13.3. The number of carboxylic acid groups (broad SMARTS) is 1. The highest BCUT2D eigenvalue weighted by Gasteiger charge is 2.09. The van der Waals surface area contributed by atoms with Crippen LogP contribution in [0.1, 0.15) is 18.4 Å². The van der Waals surface area contributed by atoms with Crippen LogP contribution in [-0.2, 0) is 11.2 Å². The van der Waals surface area contributed by atoms with Crippen molar-refractivity contribution in [3.8, 4) is 5.75 Å². The Hall–Kier alpha value is -1.58. The molecule has 1 rings (SSSR count). The van der Waals surface area contributed by atoms with Gasteiger partial charge in [0.1, 0.15) is 11.6 Å². The maximum atomic E-state index is 13.3. The molecule has 0 saturated carbocycles. The number of benzene rings is 1. The summed E-state index contributed by atoms with van der Waals surface area (Å²) in [6.07, 6.45) is 0.826. The standard InChI is InChI=1S/C11H13FO3/c1-15-10-6-3-5-9(12)8(10)4-2-7-11(13)14/h3,5-6H,2,4,7H2,1H3,(H,13,14). The van der Waals surface area contributed by atoms with Crippen LogP contribution in [0.3, 0.4) is 0 Å². The van der Waals surface area contributed by atoms with Gasteiger partial charge in [0, 0.05) is 12.0 Å². The van der Waals surface area contributed by atoms with Gasteiger partial charge in [-0.25, -0.2) is 4.39 Å². The highest BCUT2D eigenvalue weighted by Crippen LogP contribution is 2.22. The van der Waals surface area contributed by atoms with Gasteiger partial charge in [-0.3, -0.25) is 4.79 Å². The quantitative estimate of drug-likeness (QED) is 0.814. The predicted molar refractivity (Wildman–Crippen MR) is 53.5 cm³/mol. The van der Waals surface area contributed by atoms with E-state index in [9.17, 15) is 9.18 Å². The molecular weight excluding hydrogens is 199 g/mol. The molecule has 0 aliphatic carbocycles. The predicted octanol–water partition coefficient (Wildman–Crippen LogP) is 2.24. The number of aliphatic carboxylic acids is 1. The van der Waals surface area contributed by atoms with E-state index in [0.717, 1.165) is 0 Å². The van der Waals surface area contributed by atoms with E-state index in [2.05, 4.69) is 0 Å². The lowest BCUT2D eigenvalue weighted by Crippen LogP contribution is -1.99. The fourth-order valence-corrected chi connectivity index (χ4v) is 1.39. The van der Waals surface area contributed by atoms with Crippen LogP contribution >= 0.6 is 0 Å². The summed E-state index contributed by atoms with van der Waals surface area (Å²) in [4.78, 5) is 10.3. The normalized spacial score (nSPS) is 10.0. The fourth-order valence-electron chi connectivity index (χ4n) is 1.39. The first-order valence-electron chi connectivity index (χ1n) is 4.68. The van der Waals surface area contributed by atoms with Crippen molar-refractivity contribution >= 4 is 5.97 Å². The van der Waals surface area contributed by atoms with E-state index >= 15 is 0 Å². The Morgan fingerprint density at radius 3 is 2.87 bits per heavy atom. The van der Waals surface area contributed by atoms with E-state index in [1.807, 2.05) is 0 Å². The van der Waals surface area contributed by atoms with Crippen LogP contribution in [0.4, 0.5) is 4.39 Å². The van der Waals surface area contributed by atoms with E-state index in [1.165, 1.54) is 13.2 Å². The number of rotatable bonds is 5. The largest absolute Gasteiger partial charge is 0.496 e. The van der Waals surface area contributed by atoms with Gasteiger partial charge in [-0.05, 0) is 25.0 Å². The molecule has 0 amide bonds. The zero-order valence-electron chi connectivity index (χ0n) is 8.50. The average Bonchev–Trinajstić information content (AvgIpc) is 2.20. The first-order valence-corrected chi connectivity index (χ1v) is 4.68. The summed E-state index contributed by atoms with van der Waals surface area (Å²) in [5.74, 6) is -0.745. The van der Waals surface area contributed by atoms with E-state index in [4.69, 9.17) is 9.84 Å². The molecule has 0 heterocycles. The second-order valence-corrected chi connectivity index (χ2v) is 3.17. The average molecular weight is 212 g/mol. The van der Waals surface area contributed by atoms with Gasteiger partial charge >= 0.3 is 5.97 Å². The summed E-state index contributed by atoms with van der Waals surface area (Å²) in [5.41, 5.74) is 0.446. The topological polar surface area (TPSA) is 46.5 Å². The minimum atomic E-state index is -0.870. The maximum Gasteiger partial charge on any atom is 0.303 e. The Balaban J connectivity index is 2.70. The van der Waals surface area contributed by atoms with Gasteiger partial charge in [-0.1, -0.05) is 6.07 Å². The molecule has 4 heteroatoms. The monoisotopic (exact) mass is 212 g/mol. The molecule has 0 atom stereocenters. The van der Waals surface area contributed by atoms with Crippen molar-refractivity contribution in [2.24, 2.45) is 0 Å². The Labute approximate surface area is 87.5 Å². The van der Waals surface area contributed by atoms with Crippen molar-refractivity contribution in [2.45, 2.75) is 19.3 Å². The van der Waals surface area contributed by atoms with Crippen LogP contribution in [0, 0.1) is 5.82 Å². The molecule has 0 saturated heterocycles. The molecule has 0 aliphatic rings. The number of carbonyl (C=O) groups is 1. The molecule has 0 radical (unpaired) electrons. The Morgan fingerprint density at radius 2 is 2.27 bits per heavy atom. The smallest absolute Gasteiger partial charge is 0.303 e. The van der Waals surface area contributed by atoms with Crippen LogP contribution in [0.2, 0.25) is 0 Å². The summed E-state index contributed by atoms with van der Waals surface area (Å²) >= 11 is 0. The third-order valence-corrected chi connectivity index (χ3v) is 2.11. The van der Waals surface area contributed by atoms with Gasteiger partial charge in [0.2, 0.25) is 0 Å². The van der Waals surface area contributed by atoms with Gasteiger partial charge in [0.15, 0.2) is 0 Å². The summed E-state index contributed by atoms with van der Waals surface area (Å²) in [5, 5.41) is 8.46. The van der Waals surface area contributed by atoms with Crippen molar-refractivity contribution < 1.29 is 19.0 Å². The van der Waals surface area contributed by atoms with Crippen LogP contribution in [0.15, 0.2) is 18.2 Å². The SMILES string of the molecule is COc1cccc(F)c1CCCC(=O)O. The molecule has 0 unspecified atom stereocenters. The molecule has 82 valence electrons. The number of hydrogen-bond donors (Lipinski definition) is 1. The second-order valence-electron chi connectivity index (χ2n) is 3.17. The molecule has 0 aliphatic heterocycles. The second kappa shape index (κ2) is 5.34. The highest BCUT2D eigenvalue weighted by atomic mass is 19.1. The summed E-state index contributed by atoms with van der Waals surface area (Å²) in [6.45, 7) is 0. The summed E-state index contributed by atoms with van der Waals surface area (Å²) in [6, 6.07) is 4.58. The van der Waals surface area contributed by atoms with Gasteiger partial charge < -0.3 is 9.84 Å². The number of carboxylic acids is 1. The molecule has 3 nitrogen and oxygen atoms in total. The van der Waals surface area contributed by atoms with E-state index in [1.54, 1.807) is 12.1 Å². The summed E-state index contributed by atoms with van der Waals surface area (Å²) < 4.78 is 18.3. The Bertz CT molecular complexity index is 350. The van der Waals surface area contributed by atoms with E-state index in [0.29, 0.717) is 24.2 Å². The highest BCUT2D eigenvalue weighted by molar-refractivity contribution is 5.66. The molecule has 0 spiro atoms. The van der Waals surface area contributed by atoms with Crippen molar-refractivity contribution in [2.75, 3.05) is 7.11 Å². The minimum Gasteiger partial charge on any atom is -0.496 e. The molecular formula is C11H13FO3. The van der Waals surface area contributed by atoms with Crippen LogP contribution in [-0.4, -0.2) is 18.2 Å². The molecule has 0 aromatic heterocycles. The molecule has 15 heavy (non-hydrogen) atoms. The lowest BCUT2D eigenvalue weighted by atomic mass is 10.1. The molecule has 1 aromatic rings. The molecule has 1 aromatic carbocycles.